The minimum atomic E-state index is -0.857. The maximum Gasteiger partial charge on any atom is 0.134 e. The largest absolute Gasteiger partial charge is 0.457 e. The second-order valence-electron chi connectivity index (χ2n) is 17.6. The van der Waals surface area contributed by atoms with Gasteiger partial charge in [-0.05, 0) is 114 Å². The average Bonchev–Trinajstić information content (AvgIpc) is 4.01. The van der Waals surface area contributed by atoms with E-state index >= 15 is 0 Å². The fourth-order valence-corrected chi connectivity index (χ4v) is 12.7. The van der Waals surface area contributed by atoms with Crippen LogP contribution < -0.4 is 9.64 Å². The summed E-state index contributed by atoms with van der Waals surface area (Å²) in [4.78, 5) is 15.0. The van der Waals surface area contributed by atoms with E-state index in [2.05, 4.69) is 190 Å². The zero-order chi connectivity index (χ0) is 44.7. The van der Waals surface area contributed by atoms with Crippen molar-refractivity contribution >= 4 is 72.4 Å². The Morgan fingerprint density at radius 2 is 1.04 bits per heavy atom. The van der Waals surface area contributed by atoms with Crippen LogP contribution in [0.5, 0.6) is 11.5 Å². The number of aromatic nitrogens is 4. The summed E-state index contributed by atoms with van der Waals surface area (Å²) in [6.45, 7) is 0. The molecule has 0 radical (unpaired) electrons. The summed E-state index contributed by atoms with van der Waals surface area (Å²) in [7, 11) is 0. The van der Waals surface area contributed by atoms with Gasteiger partial charge in [0.2, 0.25) is 0 Å². The summed E-state index contributed by atoms with van der Waals surface area (Å²) in [5.41, 5.74) is 15.3. The van der Waals surface area contributed by atoms with Crippen LogP contribution in [-0.2, 0) is 5.41 Å². The van der Waals surface area contributed by atoms with Gasteiger partial charge in [-0.1, -0.05) is 96.7 Å². The van der Waals surface area contributed by atoms with E-state index in [1.807, 2.05) is 48.4 Å². The zero-order valence-electron chi connectivity index (χ0n) is 36.1. The Hall–Kier alpha value is -8.90. The smallest absolute Gasteiger partial charge is 0.134 e. The molecule has 0 atom stereocenters. The third-order valence-electron chi connectivity index (χ3n) is 14.3. The molecule has 0 amide bonds. The van der Waals surface area contributed by atoms with Crippen molar-refractivity contribution in [2.75, 3.05) is 4.90 Å². The van der Waals surface area contributed by atoms with Gasteiger partial charge < -0.3 is 18.8 Å². The lowest BCUT2D eigenvalue weighted by molar-refractivity contribution is 0.435. The van der Waals surface area contributed by atoms with Crippen LogP contribution in [0.3, 0.4) is 0 Å². The minimum absolute atomic E-state index is 0.622. The van der Waals surface area contributed by atoms with Crippen LogP contribution in [-0.4, -0.2) is 19.1 Å². The third kappa shape index (κ3) is 4.87. The molecule has 0 N–H and O–H groups in total. The van der Waals surface area contributed by atoms with Crippen molar-refractivity contribution in [1.29, 1.82) is 5.26 Å². The molecule has 8 heteroatoms. The molecule has 1 aliphatic carbocycles. The highest BCUT2D eigenvalue weighted by Crippen LogP contribution is 2.63. The molecule has 15 rings (SSSR count). The minimum Gasteiger partial charge on any atom is -0.457 e. The molecular weight excluding hydrogens is 853 g/mol. The van der Waals surface area contributed by atoms with E-state index in [0.29, 0.717) is 5.56 Å². The highest BCUT2D eigenvalue weighted by molar-refractivity contribution is 7.99. The number of hydrogen-bond acceptors (Lipinski definition) is 6. The quantitative estimate of drug-likeness (QED) is 0.176. The number of nitrogens with zero attached hydrogens (tertiary/aromatic N) is 6. The summed E-state index contributed by atoms with van der Waals surface area (Å²) < 4.78 is 12.0. The Kier molecular flexibility index (Phi) is 7.58. The molecule has 316 valence electrons. The van der Waals surface area contributed by atoms with Crippen molar-refractivity contribution in [3.63, 3.8) is 0 Å². The Labute approximate surface area is 394 Å². The van der Waals surface area contributed by atoms with Crippen LogP contribution in [0, 0.1) is 11.3 Å². The van der Waals surface area contributed by atoms with Gasteiger partial charge in [-0.15, -0.1) is 0 Å². The number of anilines is 3. The summed E-state index contributed by atoms with van der Waals surface area (Å²) in [5, 5.41) is 14.4. The second-order valence-corrected chi connectivity index (χ2v) is 18.7. The number of para-hydroxylation sites is 4. The number of nitriles is 1. The molecule has 0 fully saturated rings. The van der Waals surface area contributed by atoms with Gasteiger partial charge in [-0.2, -0.15) is 5.26 Å². The monoisotopic (exact) mass is 886 g/mol. The molecule has 0 saturated heterocycles. The summed E-state index contributed by atoms with van der Waals surface area (Å²) >= 11 is 1.82. The summed E-state index contributed by atoms with van der Waals surface area (Å²) in [6.07, 6.45) is 3.73. The van der Waals surface area contributed by atoms with Gasteiger partial charge in [0, 0.05) is 72.3 Å². The molecule has 7 nitrogen and oxygen atoms in total. The van der Waals surface area contributed by atoms with Crippen molar-refractivity contribution in [3.8, 4) is 40.3 Å². The number of ether oxygens (including phenoxy) is 1. The van der Waals surface area contributed by atoms with Crippen LogP contribution >= 0.6 is 11.8 Å². The normalized spacial score (nSPS) is 13.7. The molecule has 1 spiro atoms. The predicted molar refractivity (Wildman–Crippen MR) is 272 cm³/mol. The van der Waals surface area contributed by atoms with Gasteiger partial charge in [0.05, 0.1) is 67.6 Å². The van der Waals surface area contributed by atoms with E-state index in [0.717, 1.165) is 95.0 Å². The van der Waals surface area contributed by atoms with Crippen molar-refractivity contribution < 1.29 is 4.74 Å². The number of fused-ring (bicyclic) bond motifs is 17. The van der Waals surface area contributed by atoms with Gasteiger partial charge in [0.15, 0.2) is 0 Å². The van der Waals surface area contributed by atoms with Crippen molar-refractivity contribution in [2.24, 2.45) is 0 Å². The Bertz CT molecular complexity index is 4120. The van der Waals surface area contributed by atoms with Gasteiger partial charge in [0.1, 0.15) is 11.5 Å². The van der Waals surface area contributed by atoms with E-state index in [4.69, 9.17) is 14.7 Å². The highest BCUT2D eigenvalue weighted by atomic mass is 32.2. The molecule has 68 heavy (non-hydrogen) atoms. The van der Waals surface area contributed by atoms with Crippen LogP contribution in [0.1, 0.15) is 27.8 Å². The molecule has 6 heterocycles. The summed E-state index contributed by atoms with van der Waals surface area (Å²) in [5.74, 6) is 1.52. The maximum atomic E-state index is 9.98. The number of rotatable bonds is 3. The second kappa shape index (κ2) is 13.8. The van der Waals surface area contributed by atoms with Gasteiger partial charge in [-0.25, -0.2) is 0 Å². The first-order chi connectivity index (χ1) is 33.7. The lowest BCUT2D eigenvalue weighted by atomic mass is 9.65. The van der Waals surface area contributed by atoms with E-state index in [1.54, 1.807) is 0 Å². The number of pyridine rings is 2. The van der Waals surface area contributed by atoms with E-state index in [-0.39, 0.29) is 0 Å². The number of hydrogen-bond donors (Lipinski definition) is 0. The zero-order valence-corrected chi connectivity index (χ0v) is 36.9. The standard InChI is InChI=1S/C60H34N6OS/c61-35-36-24-28-49-41(32-36)39-12-2-4-17-47(39)66(49)52-20-9-21-53-57(52)60(44-14-10-30-62-58(44)59-45(60)15-11-31-63-59)43-27-25-38(34-54(43)67-53)64-46-16-3-1-13-40(46)42-33-37(26-29-48(42)64)65-50-18-5-7-22-55(50)68-56-23-8-6-19-51(56)65/h1-34H. The fourth-order valence-electron chi connectivity index (χ4n) is 11.6. The van der Waals surface area contributed by atoms with Crippen molar-refractivity contribution in [2.45, 2.75) is 15.2 Å². The first kappa shape index (κ1) is 37.3. The Balaban J connectivity index is 0.972. The van der Waals surface area contributed by atoms with Crippen molar-refractivity contribution in [3.05, 3.63) is 234 Å². The summed E-state index contributed by atoms with van der Waals surface area (Å²) in [6, 6.07) is 71.3. The Morgan fingerprint density at radius 1 is 0.456 bits per heavy atom. The highest BCUT2D eigenvalue weighted by Gasteiger charge is 2.54. The fraction of sp³-hybridized carbons (Fsp3) is 0.0167. The molecule has 4 aromatic heterocycles. The Morgan fingerprint density at radius 3 is 1.76 bits per heavy atom. The molecule has 3 aliphatic rings. The van der Waals surface area contributed by atoms with Gasteiger partial charge >= 0.3 is 0 Å². The lowest BCUT2D eigenvalue weighted by Gasteiger charge is -2.40. The van der Waals surface area contributed by atoms with Crippen LogP contribution in [0.25, 0.3) is 66.4 Å². The lowest BCUT2D eigenvalue weighted by Crippen LogP contribution is -2.33. The number of benzene rings is 8. The molecule has 12 aromatic rings. The molecule has 0 unspecified atom stereocenters. The van der Waals surface area contributed by atoms with Crippen LogP contribution in [0.4, 0.5) is 17.1 Å². The van der Waals surface area contributed by atoms with E-state index in [9.17, 15) is 5.26 Å². The first-order valence-electron chi connectivity index (χ1n) is 22.7. The molecule has 0 saturated carbocycles. The van der Waals surface area contributed by atoms with Gasteiger partial charge in [-0.3, -0.25) is 9.97 Å². The molecular formula is C60H34N6OS. The molecule has 0 bridgehead atoms. The molecule has 2 aliphatic heterocycles. The SMILES string of the molecule is N#Cc1ccc2c(c1)c1ccccc1n2-c1cccc2c1C1(c3ccc(-n4c5ccccc5c5cc(N6c7ccccc7Sc7ccccc76)ccc54)cc3O2)c2cccnc2-c2ncccc21. The maximum absolute atomic E-state index is 9.98. The first-order valence-corrected chi connectivity index (χ1v) is 23.5. The van der Waals surface area contributed by atoms with E-state index < -0.39 is 5.41 Å². The topological polar surface area (TPSA) is 71.9 Å². The van der Waals surface area contributed by atoms with Crippen molar-refractivity contribution in [1.82, 2.24) is 19.1 Å². The van der Waals surface area contributed by atoms with Crippen LogP contribution in [0.2, 0.25) is 0 Å². The van der Waals surface area contributed by atoms with Crippen LogP contribution in [0.15, 0.2) is 216 Å². The van der Waals surface area contributed by atoms with E-state index in [1.165, 1.54) is 31.9 Å². The average molecular weight is 887 g/mol. The van der Waals surface area contributed by atoms with Gasteiger partial charge in [0.25, 0.3) is 0 Å². The molecule has 8 aromatic carbocycles. The third-order valence-corrected chi connectivity index (χ3v) is 15.4. The predicted octanol–water partition coefficient (Wildman–Crippen LogP) is 14.9.